The van der Waals surface area contributed by atoms with Gasteiger partial charge >= 0.3 is 7.60 Å². The zero-order valence-corrected chi connectivity index (χ0v) is 12.7. The van der Waals surface area contributed by atoms with Crippen molar-refractivity contribution in [2.45, 2.75) is 33.3 Å². The topological polar surface area (TPSA) is 46.5 Å². The van der Waals surface area contributed by atoms with Crippen LogP contribution in [0.1, 0.15) is 25.8 Å². The van der Waals surface area contributed by atoms with Crippen molar-refractivity contribution in [2.24, 2.45) is 0 Å². The van der Waals surface area contributed by atoms with E-state index in [1.165, 1.54) is 0 Å². The molecule has 0 saturated carbocycles. The van der Waals surface area contributed by atoms with Crippen molar-refractivity contribution in [3.8, 4) is 0 Å². The van der Waals surface area contributed by atoms with E-state index in [9.17, 15) is 9.46 Å². The summed E-state index contributed by atoms with van der Waals surface area (Å²) < 4.78 is 18.1. The minimum Gasteiger partial charge on any atom is -0.321 e. The average Bonchev–Trinajstić information content (AvgIpc) is 2.21. The predicted molar refractivity (Wildman–Crippen MR) is 74.2 cm³/mol. The lowest BCUT2D eigenvalue weighted by molar-refractivity contribution is 0.192. The van der Waals surface area contributed by atoms with Crippen molar-refractivity contribution < 1.29 is 14.0 Å². The molecule has 0 aliphatic heterocycles. The lowest BCUT2D eigenvalue weighted by Gasteiger charge is -2.18. The third-order valence-corrected chi connectivity index (χ3v) is 5.86. The lowest BCUT2D eigenvalue weighted by atomic mass is 10.2. The molecule has 16 heavy (non-hydrogen) atoms. The van der Waals surface area contributed by atoms with E-state index in [0.717, 1.165) is 9.13 Å². The third kappa shape index (κ3) is 3.29. The van der Waals surface area contributed by atoms with E-state index in [1.54, 1.807) is 19.1 Å². The third-order valence-electron chi connectivity index (χ3n) is 2.37. The zero-order chi connectivity index (χ0) is 12.3. The van der Waals surface area contributed by atoms with Gasteiger partial charge in [0.05, 0.1) is 11.4 Å². The lowest BCUT2D eigenvalue weighted by Crippen LogP contribution is -2.16. The molecule has 5 heteroatoms. The second-order valence-corrected chi connectivity index (χ2v) is 6.56. The maximum absolute atomic E-state index is 12.1. The van der Waals surface area contributed by atoms with Gasteiger partial charge in [-0.05, 0) is 54.5 Å². The van der Waals surface area contributed by atoms with Crippen molar-refractivity contribution >= 4 is 35.5 Å². The minimum absolute atomic E-state index is 0.216. The molecule has 0 fully saturated rings. The molecule has 0 amide bonds. The molecular formula is C11H16IO3P. The smallest absolute Gasteiger partial charge is 0.321 e. The average molecular weight is 354 g/mol. The molecule has 1 aromatic carbocycles. The first kappa shape index (κ1) is 14.2. The Morgan fingerprint density at radius 2 is 2.19 bits per heavy atom. The van der Waals surface area contributed by atoms with Gasteiger partial charge in [-0.1, -0.05) is 19.1 Å². The van der Waals surface area contributed by atoms with Crippen LogP contribution in [0, 0.1) is 10.5 Å². The van der Waals surface area contributed by atoms with Gasteiger partial charge in [0, 0.05) is 3.57 Å². The summed E-state index contributed by atoms with van der Waals surface area (Å²) in [6.07, 6.45) is 0.500. The standard InChI is InChI=1S/C11H16IO3P/c1-4-9(3)15-16(13,14)10-7-5-6-8(2)11(10)12/h5-7,9H,4H2,1-3H3,(H,13,14). The normalized spacial score (nSPS) is 16.8. The molecule has 1 aromatic rings. The summed E-state index contributed by atoms with van der Waals surface area (Å²) >= 11 is 2.08. The van der Waals surface area contributed by atoms with Crippen molar-refractivity contribution in [1.82, 2.24) is 0 Å². The van der Waals surface area contributed by atoms with Crippen LogP contribution in [0.3, 0.4) is 0 Å². The second-order valence-electron chi connectivity index (χ2n) is 3.75. The molecule has 2 atom stereocenters. The molecule has 0 bridgehead atoms. The van der Waals surface area contributed by atoms with Gasteiger partial charge in [-0.25, -0.2) is 0 Å². The van der Waals surface area contributed by atoms with E-state index in [4.69, 9.17) is 4.52 Å². The summed E-state index contributed by atoms with van der Waals surface area (Å²) in [6.45, 7) is 5.63. The zero-order valence-electron chi connectivity index (χ0n) is 9.61. The van der Waals surface area contributed by atoms with Gasteiger partial charge in [-0.15, -0.1) is 0 Å². The first-order valence-corrected chi connectivity index (χ1v) is 7.81. The molecule has 0 saturated heterocycles. The molecule has 0 aliphatic carbocycles. The van der Waals surface area contributed by atoms with Crippen LogP contribution < -0.4 is 5.30 Å². The van der Waals surface area contributed by atoms with Crippen molar-refractivity contribution in [3.05, 3.63) is 27.3 Å². The second kappa shape index (κ2) is 5.63. The van der Waals surface area contributed by atoms with Gasteiger partial charge < -0.3 is 9.42 Å². The molecule has 2 unspecified atom stereocenters. The fourth-order valence-corrected chi connectivity index (χ4v) is 3.95. The Morgan fingerprint density at radius 1 is 1.56 bits per heavy atom. The fraction of sp³-hybridized carbons (Fsp3) is 0.455. The number of benzene rings is 1. The molecule has 90 valence electrons. The summed E-state index contributed by atoms with van der Waals surface area (Å²) in [5, 5.41) is 0.397. The quantitative estimate of drug-likeness (QED) is 0.667. The van der Waals surface area contributed by atoms with E-state index in [2.05, 4.69) is 22.6 Å². The monoisotopic (exact) mass is 354 g/mol. The van der Waals surface area contributed by atoms with Gasteiger partial charge in [0.15, 0.2) is 0 Å². The molecule has 3 nitrogen and oxygen atoms in total. The number of rotatable bonds is 4. The van der Waals surface area contributed by atoms with Crippen molar-refractivity contribution in [3.63, 3.8) is 0 Å². The summed E-state index contributed by atoms with van der Waals surface area (Å²) in [7, 11) is -3.69. The van der Waals surface area contributed by atoms with Gasteiger partial charge in [0.1, 0.15) is 0 Å². The molecule has 0 radical (unpaired) electrons. The van der Waals surface area contributed by atoms with Crippen LogP contribution in [0.2, 0.25) is 0 Å². The van der Waals surface area contributed by atoms with E-state index < -0.39 is 7.60 Å². The van der Waals surface area contributed by atoms with Crippen molar-refractivity contribution in [2.75, 3.05) is 0 Å². The molecule has 0 aliphatic rings. The molecule has 0 heterocycles. The van der Waals surface area contributed by atoms with E-state index >= 15 is 0 Å². The highest BCUT2D eigenvalue weighted by atomic mass is 127. The highest BCUT2D eigenvalue weighted by molar-refractivity contribution is 14.1. The number of hydrogen-bond donors (Lipinski definition) is 1. The van der Waals surface area contributed by atoms with Crippen LogP contribution in [0.5, 0.6) is 0 Å². The first-order valence-electron chi connectivity index (χ1n) is 5.15. The van der Waals surface area contributed by atoms with Gasteiger partial charge in [-0.2, -0.15) is 0 Å². The Kier molecular flexibility index (Phi) is 4.98. The summed E-state index contributed by atoms with van der Waals surface area (Å²) in [5.41, 5.74) is 0.986. The van der Waals surface area contributed by atoms with Crippen molar-refractivity contribution in [1.29, 1.82) is 0 Å². The van der Waals surface area contributed by atoms with Crippen LogP contribution in [0.25, 0.3) is 0 Å². The minimum atomic E-state index is -3.69. The highest BCUT2D eigenvalue weighted by Crippen LogP contribution is 2.44. The van der Waals surface area contributed by atoms with Crippen LogP contribution in [-0.4, -0.2) is 11.0 Å². The Morgan fingerprint density at radius 3 is 2.75 bits per heavy atom. The Bertz CT molecular complexity index is 420. The molecule has 1 rings (SSSR count). The van der Waals surface area contributed by atoms with Gasteiger partial charge in [0.25, 0.3) is 0 Å². The Hall–Kier alpha value is 0.100. The maximum Gasteiger partial charge on any atom is 0.360 e. The molecule has 0 spiro atoms. The largest absolute Gasteiger partial charge is 0.360 e. The SMILES string of the molecule is CCC(C)OP(=O)(O)c1cccc(C)c1I. The Labute approximate surface area is 110 Å². The fourth-order valence-electron chi connectivity index (χ4n) is 1.23. The van der Waals surface area contributed by atoms with E-state index in [-0.39, 0.29) is 6.10 Å². The molecule has 1 N–H and O–H groups in total. The molecular weight excluding hydrogens is 338 g/mol. The number of aryl methyl sites for hydroxylation is 1. The van der Waals surface area contributed by atoms with E-state index in [1.807, 2.05) is 19.9 Å². The van der Waals surface area contributed by atoms with Crippen LogP contribution in [0.4, 0.5) is 0 Å². The summed E-state index contributed by atoms with van der Waals surface area (Å²) in [4.78, 5) is 9.92. The van der Waals surface area contributed by atoms with Gasteiger partial charge in [0.2, 0.25) is 0 Å². The van der Waals surface area contributed by atoms with Crippen LogP contribution >= 0.6 is 30.2 Å². The first-order chi connectivity index (χ1) is 7.38. The number of halogens is 1. The molecule has 0 aromatic heterocycles. The van der Waals surface area contributed by atoms with Crippen LogP contribution in [0.15, 0.2) is 18.2 Å². The summed E-state index contributed by atoms with van der Waals surface area (Å²) in [5.74, 6) is 0. The van der Waals surface area contributed by atoms with E-state index in [0.29, 0.717) is 11.7 Å². The highest BCUT2D eigenvalue weighted by Gasteiger charge is 2.27. The number of hydrogen-bond acceptors (Lipinski definition) is 2. The Balaban J connectivity index is 3.07. The predicted octanol–water partition coefficient (Wildman–Crippen LogP) is 3.23. The van der Waals surface area contributed by atoms with Crippen LogP contribution in [-0.2, 0) is 9.09 Å². The van der Waals surface area contributed by atoms with Gasteiger partial charge in [-0.3, -0.25) is 4.57 Å². The maximum atomic E-state index is 12.1. The summed E-state index contributed by atoms with van der Waals surface area (Å²) in [6, 6.07) is 5.34.